The standard InChI is InChI=1S/C20H35F7O/c1-9-16(7,19(23,24)20(25,26)27)13-18(21,22)17(8,10-2)14(3,4)11-12-15(5,6)28/h28H,9-13H2,1-8H3. The quantitative estimate of drug-likeness (QED) is 0.358. The first-order valence-corrected chi connectivity index (χ1v) is 9.58. The van der Waals surface area contributed by atoms with Crippen LogP contribution in [-0.4, -0.2) is 28.7 Å². The summed E-state index contributed by atoms with van der Waals surface area (Å²) in [7, 11) is 0. The lowest BCUT2D eigenvalue weighted by molar-refractivity contribution is -0.337. The number of alkyl halides is 7. The van der Waals surface area contributed by atoms with Crippen LogP contribution in [0.2, 0.25) is 0 Å². The first-order chi connectivity index (χ1) is 12.0. The molecule has 0 heterocycles. The Kier molecular flexibility index (Phi) is 7.80. The highest BCUT2D eigenvalue weighted by molar-refractivity contribution is 5.04. The van der Waals surface area contributed by atoms with Crippen LogP contribution in [0, 0.1) is 16.2 Å². The monoisotopic (exact) mass is 424 g/mol. The molecule has 0 aromatic heterocycles. The van der Waals surface area contributed by atoms with E-state index in [-0.39, 0.29) is 19.3 Å². The molecule has 1 N–H and O–H groups in total. The molecule has 0 aliphatic rings. The third-order valence-electron chi connectivity index (χ3n) is 6.88. The van der Waals surface area contributed by atoms with Crippen LogP contribution in [0.5, 0.6) is 0 Å². The summed E-state index contributed by atoms with van der Waals surface area (Å²) in [6.07, 6.45) is -8.01. The van der Waals surface area contributed by atoms with Gasteiger partial charge in [0.05, 0.1) is 5.60 Å². The summed E-state index contributed by atoms with van der Waals surface area (Å²) < 4.78 is 97.9. The summed E-state index contributed by atoms with van der Waals surface area (Å²) in [6.45, 7) is 10.5. The van der Waals surface area contributed by atoms with Gasteiger partial charge in [0, 0.05) is 17.3 Å². The molecule has 0 radical (unpaired) electrons. The average Bonchev–Trinajstić information content (AvgIpc) is 2.49. The zero-order valence-electron chi connectivity index (χ0n) is 18.1. The molecule has 28 heavy (non-hydrogen) atoms. The van der Waals surface area contributed by atoms with E-state index >= 15 is 8.78 Å². The number of halogens is 7. The maximum atomic E-state index is 15.4. The lowest BCUT2D eigenvalue weighted by Gasteiger charge is -2.52. The first-order valence-electron chi connectivity index (χ1n) is 9.58. The van der Waals surface area contributed by atoms with Crippen molar-refractivity contribution in [2.45, 2.75) is 111 Å². The Morgan fingerprint density at radius 3 is 1.39 bits per heavy atom. The van der Waals surface area contributed by atoms with Crippen molar-refractivity contribution in [2.24, 2.45) is 16.2 Å². The Labute approximate surface area is 164 Å². The molecule has 1 nitrogen and oxygen atoms in total. The summed E-state index contributed by atoms with van der Waals surface area (Å²) in [5.74, 6) is -9.03. The molecule has 8 heteroatoms. The van der Waals surface area contributed by atoms with Gasteiger partial charge in [-0.3, -0.25) is 0 Å². The minimum Gasteiger partial charge on any atom is -0.390 e. The lowest BCUT2D eigenvalue weighted by Crippen LogP contribution is -2.57. The molecule has 2 atom stereocenters. The fourth-order valence-electron chi connectivity index (χ4n) is 3.61. The molecule has 0 spiro atoms. The molecule has 0 aliphatic heterocycles. The molecular weight excluding hydrogens is 389 g/mol. The Morgan fingerprint density at radius 2 is 1.11 bits per heavy atom. The van der Waals surface area contributed by atoms with Crippen molar-refractivity contribution in [3.8, 4) is 0 Å². The Morgan fingerprint density at radius 1 is 0.679 bits per heavy atom. The minimum absolute atomic E-state index is 0.115. The van der Waals surface area contributed by atoms with Crippen LogP contribution in [0.4, 0.5) is 30.7 Å². The van der Waals surface area contributed by atoms with Gasteiger partial charge in [0.2, 0.25) is 0 Å². The van der Waals surface area contributed by atoms with Crippen molar-refractivity contribution in [1.29, 1.82) is 0 Å². The van der Waals surface area contributed by atoms with E-state index in [0.29, 0.717) is 6.92 Å². The van der Waals surface area contributed by atoms with Gasteiger partial charge in [-0.25, -0.2) is 8.78 Å². The molecule has 0 bridgehead atoms. The van der Waals surface area contributed by atoms with Crippen LogP contribution in [0.3, 0.4) is 0 Å². The summed E-state index contributed by atoms with van der Waals surface area (Å²) in [5.41, 5.74) is -7.02. The van der Waals surface area contributed by atoms with Crippen molar-refractivity contribution < 1.29 is 35.8 Å². The van der Waals surface area contributed by atoms with E-state index in [1.165, 1.54) is 27.7 Å². The SMILES string of the molecule is CCC(C)(CC(F)(F)C(C)(CC)C(C)(C)CCC(C)(C)O)C(F)(F)C(F)(F)F. The molecule has 0 aromatic rings. The fraction of sp³-hybridized carbons (Fsp3) is 1.00. The van der Waals surface area contributed by atoms with Crippen LogP contribution in [-0.2, 0) is 0 Å². The molecule has 0 aliphatic carbocycles. The smallest absolute Gasteiger partial charge is 0.390 e. The molecule has 0 saturated heterocycles. The van der Waals surface area contributed by atoms with Crippen LogP contribution < -0.4 is 0 Å². The summed E-state index contributed by atoms with van der Waals surface area (Å²) in [4.78, 5) is 0. The van der Waals surface area contributed by atoms with E-state index in [2.05, 4.69) is 0 Å². The predicted octanol–water partition coefficient (Wildman–Crippen LogP) is 7.62. The van der Waals surface area contributed by atoms with Crippen molar-refractivity contribution >= 4 is 0 Å². The predicted molar refractivity (Wildman–Crippen MR) is 96.7 cm³/mol. The zero-order valence-corrected chi connectivity index (χ0v) is 18.1. The van der Waals surface area contributed by atoms with Gasteiger partial charge in [0.25, 0.3) is 5.92 Å². The summed E-state index contributed by atoms with van der Waals surface area (Å²) in [6, 6.07) is 0. The molecule has 0 fully saturated rings. The zero-order chi connectivity index (χ0) is 23.0. The molecule has 170 valence electrons. The number of hydrogen-bond donors (Lipinski definition) is 1. The molecule has 2 unspecified atom stereocenters. The minimum atomic E-state index is -5.91. The van der Waals surface area contributed by atoms with Crippen LogP contribution in [0.1, 0.15) is 87.5 Å². The number of hydrogen-bond acceptors (Lipinski definition) is 1. The van der Waals surface area contributed by atoms with E-state index < -0.39 is 52.7 Å². The molecule has 0 aromatic carbocycles. The molecule has 0 rings (SSSR count). The topological polar surface area (TPSA) is 20.2 Å². The fourth-order valence-corrected chi connectivity index (χ4v) is 3.61. The van der Waals surface area contributed by atoms with E-state index in [9.17, 15) is 27.1 Å². The highest BCUT2D eigenvalue weighted by atomic mass is 19.4. The molecular formula is C20H35F7O. The highest BCUT2D eigenvalue weighted by Gasteiger charge is 2.70. The second-order valence-electron chi connectivity index (χ2n) is 9.75. The normalized spacial score (nSPS) is 19.3. The van der Waals surface area contributed by atoms with E-state index in [1.807, 2.05) is 0 Å². The third kappa shape index (κ3) is 5.14. The van der Waals surface area contributed by atoms with Crippen LogP contribution in [0.25, 0.3) is 0 Å². The highest BCUT2D eigenvalue weighted by Crippen LogP contribution is 2.61. The van der Waals surface area contributed by atoms with Crippen LogP contribution in [0.15, 0.2) is 0 Å². The average molecular weight is 424 g/mol. The molecule has 0 saturated carbocycles. The van der Waals surface area contributed by atoms with Crippen molar-refractivity contribution in [3.05, 3.63) is 0 Å². The Bertz CT molecular complexity index is 520. The maximum Gasteiger partial charge on any atom is 0.453 e. The number of rotatable bonds is 10. The van der Waals surface area contributed by atoms with Gasteiger partial charge in [0.15, 0.2) is 0 Å². The largest absolute Gasteiger partial charge is 0.453 e. The van der Waals surface area contributed by atoms with Gasteiger partial charge in [-0.1, -0.05) is 41.5 Å². The van der Waals surface area contributed by atoms with Gasteiger partial charge < -0.3 is 5.11 Å². The number of aliphatic hydroxyl groups is 1. The van der Waals surface area contributed by atoms with Gasteiger partial charge in [-0.15, -0.1) is 0 Å². The van der Waals surface area contributed by atoms with E-state index in [4.69, 9.17) is 0 Å². The third-order valence-corrected chi connectivity index (χ3v) is 6.88. The lowest BCUT2D eigenvalue weighted by atomic mass is 9.56. The van der Waals surface area contributed by atoms with E-state index in [1.54, 1.807) is 13.8 Å². The van der Waals surface area contributed by atoms with Crippen LogP contribution >= 0.6 is 0 Å². The van der Waals surface area contributed by atoms with Gasteiger partial charge in [-0.05, 0) is 44.9 Å². The van der Waals surface area contributed by atoms with Crippen molar-refractivity contribution in [2.75, 3.05) is 0 Å². The second-order valence-corrected chi connectivity index (χ2v) is 9.75. The Hall–Kier alpha value is -0.530. The molecule has 0 amide bonds. The summed E-state index contributed by atoms with van der Waals surface area (Å²) >= 11 is 0. The van der Waals surface area contributed by atoms with Crippen molar-refractivity contribution in [3.63, 3.8) is 0 Å². The Balaban J connectivity index is 6.08. The first kappa shape index (κ1) is 27.5. The summed E-state index contributed by atoms with van der Waals surface area (Å²) in [5, 5.41) is 9.93. The van der Waals surface area contributed by atoms with E-state index in [0.717, 1.165) is 6.92 Å². The second kappa shape index (κ2) is 7.95. The van der Waals surface area contributed by atoms with Crippen molar-refractivity contribution in [1.82, 2.24) is 0 Å². The van der Waals surface area contributed by atoms with Gasteiger partial charge in [-0.2, -0.15) is 22.0 Å². The van der Waals surface area contributed by atoms with Gasteiger partial charge >= 0.3 is 12.1 Å². The van der Waals surface area contributed by atoms with Gasteiger partial charge in [0.1, 0.15) is 0 Å². The maximum absolute atomic E-state index is 15.4.